The van der Waals surface area contributed by atoms with Gasteiger partial charge in [-0.2, -0.15) is 0 Å². The van der Waals surface area contributed by atoms with E-state index in [4.69, 9.17) is 23.8 Å². The molecule has 1 saturated heterocycles. The summed E-state index contributed by atoms with van der Waals surface area (Å²) in [6.45, 7) is 1.41. The molecule has 8 heteroatoms. The predicted molar refractivity (Wildman–Crippen MR) is 108 cm³/mol. The van der Waals surface area contributed by atoms with Crippen molar-refractivity contribution in [2.24, 2.45) is 0 Å². The van der Waals surface area contributed by atoms with Gasteiger partial charge in [-0.1, -0.05) is 47.7 Å². The molecule has 1 aliphatic rings. The second-order valence-electron chi connectivity index (χ2n) is 5.83. The predicted octanol–water partition coefficient (Wildman–Crippen LogP) is 2.61. The van der Waals surface area contributed by atoms with E-state index in [-0.39, 0.29) is 18.4 Å². The Morgan fingerprint density at radius 3 is 2.88 bits per heavy atom. The molecule has 0 spiro atoms. The number of benzene rings is 1. The van der Waals surface area contributed by atoms with E-state index in [1.165, 1.54) is 16.7 Å². The molecular formula is C17H20ClN3O2S2. The lowest BCUT2D eigenvalue weighted by molar-refractivity contribution is -0.128. The zero-order valence-corrected chi connectivity index (χ0v) is 16.5. The molecule has 1 aromatic carbocycles. The van der Waals surface area contributed by atoms with Crippen LogP contribution in [0.5, 0.6) is 0 Å². The lowest BCUT2D eigenvalue weighted by Gasteiger charge is -2.14. The first-order valence-corrected chi connectivity index (χ1v) is 9.39. The summed E-state index contributed by atoms with van der Waals surface area (Å²) >= 11 is 12.4. The minimum Gasteiger partial charge on any atom is -0.354 e. The lowest BCUT2D eigenvalue weighted by atomic mass is 10.2. The molecule has 0 radical (unpaired) electrons. The largest absolute Gasteiger partial charge is 0.354 e. The van der Waals surface area contributed by atoms with Gasteiger partial charge in [0.1, 0.15) is 10.9 Å². The van der Waals surface area contributed by atoms with Gasteiger partial charge in [0.2, 0.25) is 5.91 Å². The molecule has 2 rings (SSSR count). The Hall–Kier alpha value is -1.41. The average molecular weight is 398 g/mol. The Bertz CT molecular complexity index is 707. The average Bonchev–Trinajstić information content (AvgIpc) is 2.79. The molecule has 1 fully saturated rings. The number of nitrogens with zero attached hydrogens (tertiary/aromatic N) is 2. The van der Waals surface area contributed by atoms with Gasteiger partial charge in [-0.15, -0.1) is 0 Å². The molecule has 0 bridgehead atoms. The number of halogens is 1. The van der Waals surface area contributed by atoms with E-state index in [1.54, 1.807) is 18.2 Å². The fourth-order valence-corrected chi connectivity index (χ4v) is 3.66. The molecule has 5 nitrogen and oxygen atoms in total. The highest BCUT2D eigenvalue weighted by molar-refractivity contribution is 8.26. The first-order chi connectivity index (χ1) is 11.9. The van der Waals surface area contributed by atoms with E-state index in [1.807, 2.05) is 26.2 Å². The Kier molecular flexibility index (Phi) is 7.43. The van der Waals surface area contributed by atoms with Gasteiger partial charge < -0.3 is 10.2 Å². The van der Waals surface area contributed by atoms with Crippen LogP contribution in [-0.4, -0.2) is 59.7 Å². The molecule has 0 aromatic heterocycles. The van der Waals surface area contributed by atoms with Crippen LogP contribution in [0.25, 0.3) is 6.08 Å². The van der Waals surface area contributed by atoms with E-state index < -0.39 is 0 Å². The van der Waals surface area contributed by atoms with Gasteiger partial charge in [0.25, 0.3) is 5.91 Å². The number of hydrogen-bond donors (Lipinski definition) is 1. The summed E-state index contributed by atoms with van der Waals surface area (Å²) in [6.07, 6.45) is 2.59. The molecule has 25 heavy (non-hydrogen) atoms. The third-order valence-corrected chi connectivity index (χ3v) is 5.04. The topological polar surface area (TPSA) is 52.7 Å². The monoisotopic (exact) mass is 397 g/mol. The second-order valence-corrected chi connectivity index (χ2v) is 7.94. The molecule has 2 amide bonds. The van der Waals surface area contributed by atoms with Crippen LogP contribution in [0.15, 0.2) is 29.2 Å². The summed E-state index contributed by atoms with van der Waals surface area (Å²) < 4.78 is 0.390. The van der Waals surface area contributed by atoms with Crippen molar-refractivity contribution in [1.29, 1.82) is 0 Å². The molecule has 0 atom stereocenters. The molecule has 1 N–H and O–H groups in total. The molecule has 1 aromatic rings. The van der Waals surface area contributed by atoms with Crippen LogP contribution in [0.1, 0.15) is 12.0 Å². The smallest absolute Gasteiger partial charge is 0.266 e. The SMILES string of the molecule is CN(C)CCCNC(=O)CN1C(=O)C(=Cc2cccc(Cl)c2)SC1=S. The summed E-state index contributed by atoms with van der Waals surface area (Å²) in [5, 5.41) is 3.41. The number of hydrogen-bond acceptors (Lipinski definition) is 5. The molecule has 134 valence electrons. The van der Waals surface area contributed by atoms with Crippen LogP contribution in [0.2, 0.25) is 5.02 Å². The van der Waals surface area contributed by atoms with Gasteiger partial charge in [-0.3, -0.25) is 14.5 Å². The number of carbonyl (C=O) groups is 2. The number of carbonyl (C=O) groups excluding carboxylic acids is 2. The molecule has 1 aliphatic heterocycles. The molecule has 0 aliphatic carbocycles. The van der Waals surface area contributed by atoms with Crippen molar-refractivity contribution < 1.29 is 9.59 Å². The van der Waals surface area contributed by atoms with Crippen molar-refractivity contribution in [1.82, 2.24) is 15.1 Å². The molecule has 0 saturated carbocycles. The van der Waals surface area contributed by atoms with Gasteiger partial charge in [0.05, 0.1) is 4.91 Å². The maximum Gasteiger partial charge on any atom is 0.266 e. The maximum absolute atomic E-state index is 12.5. The van der Waals surface area contributed by atoms with Crippen LogP contribution in [0.3, 0.4) is 0 Å². The van der Waals surface area contributed by atoms with E-state index in [2.05, 4.69) is 10.2 Å². The van der Waals surface area contributed by atoms with E-state index >= 15 is 0 Å². The van der Waals surface area contributed by atoms with Crippen molar-refractivity contribution in [3.8, 4) is 0 Å². The Labute approximate surface area is 162 Å². The first-order valence-electron chi connectivity index (χ1n) is 7.79. The molecule has 0 unspecified atom stereocenters. The van der Waals surface area contributed by atoms with Gasteiger partial charge in [-0.25, -0.2) is 0 Å². The highest BCUT2D eigenvalue weighted by atomic mass is 35.5. The van der Waals surface area contributed by atoms with Gasteiger partial charge in [0.15, 0.2) is 0 Å². The highest BCUT2D eigenvalue weighted by Gasteiger charge is 2.33. The normalized spacial score (nSPS) is 16.2. The van der Waals surface area contributed by atoms with Gasteiger partial charge in [-0.05, 0) is 50.8 Å². The van der Waals surface area contributed by atoms with Crippen LogP contribution in [0.4, 0.5) is 0 Å². The van der Waals surface area contributed by atoms with E-state index in [0.29, 0.717) is 20.8 Å². The summed E-state index contributed by atoms with van der Waals surface area (Å²) in [5.41, 5.74) is 0.820. The van der Waals surface area contributed by atoms with Crippen LogP contribution >= 0.6 is 35.6 Å². The summed E-state index contributed by atoms with van der Waals surface area (Å²) in [4.78, 5) is 28.4. The number of amides is 2. The minimum atomic E-state index is -0.251. The third kappa shape index (κ3) is 6.11. The van der Waals surface area contributed by atoms with Crippen LogP contribution in [0, 0.1) is 0 Å². The van der Waals surface area contributed by atoms with Crippen molar-refractivity contribution >= 4 is 57.8 Å². The fourth-order valence-electron chi connectivity index (χ4n) is 2.21. The van der Waals surface area contributed by atoms with Crippen LogP contribution < -0.4 is 5.32 Å². The Morgan fingerprint density at radius 1 is 1.44 bits per heavy atom. The van der Waals surface area contributed by atoms with E-state index in [9.17, 15) is 9.59 Å². The standard InChI is InChI=1S/C17H20ClN3O2S2/c1-20(2)8-4-7-19-15(22)11-21-16(23)14(25-17(21)24)10-12-5-3-6-13(18)9-12/h3,5-6,9-10H,4,7-8,11H2,1-2H3,(H,19,22). The minimum absolute atomic E-state index is 0.0560. The van der Waals surface area contributed by atoms with Gasteiger partial charge >= 0.3 is 0 Å². The van der Waals surface area contributed by atoms with Crippen LogP contribution in [-0.2, 0) is 9.59 Å². The summed E-state index contributed by atoms with van der Waals surface area (Å²) in [7, 11) is 3.96. The lowest BCUT2D eigenvalue weighted by Crippen LogP contribution is -2.40. The molecule has 1 heterocycles. The fraction of sp³-hybridized carbons (Fsp3) is 0.353. The zero-order chi connectivity index (χ0) is 18.4. The highest BCUT2D eigenvalue weighted by Crippen LogP contribution is 2.32. The first kappa shape index (κ1) is 19.9. The summed E-state index contributed by atoms with van der Waals surface area (Å²) in [5.74, 6) is -0.461. The number of thiocarbonyl (C=S) groups is 1. The second kappa shape index (κ2) is 9.33. The number of nitrogens with one attached hydrogen (secondary N) is 1. The van der Waals surface area contributed by atoms with Crippen molar-refractivity contribution in [3.63, 3.8) is 0 Å². The third-order valence-electron chi connectivity index (χ3n) is 3.43. The Morgan fingerprint density at radius 2 is 2.20 bits per heavy atom. The van der Waals surface area contributed by atoms with Crippen molar-refractivity contribution in [3.05, 3.63) is 39.8 Å². The summed E-state index contributed by atoms with van der Waals surface area (Å²) in [6, 6.07) is 7.21. The number of rotatable bonds is 7. The quantitative estimate of drug-likeness (QED) is 0.435. The zero-order valence-electron chi connectivity index (χ0n) is 14.1. The van der Waals surface area contributed by atoms with Gasteiger partial charge in [0, 0.05) is 11.6 Å². The molecular weight excluding hydrogens is 378 g/mol. The number of thioether (sulfide) groups is 1. The van der Waals surface area contributed by atoms with Crippen molar-refractivity contribution in [2.75, 3.05) is 33.7 Å². The Balaban J connectivity index is 1.93. The van der Waals surface area contributed by atoms with E-state index in [0.717, 1.165) is 18.5 Å². The van der Waals surface area contributed by atoms with Crippen molar-refractivity contribution in [2.45, 2.75) is 6.42 Å². The maximum atomic E-state index is 12.5.